The van der Waals surface area contributed by atoms with Crippen LogP contribution in [-0.2, 0) is 4.79 Å². The standard InChI is InChI=1S/C13H25NO/c1-11(2)8-9-14(3)10-12-6-4-5-7-13(12)15/h11-12H,4-10H2,1-3H3. The zero-order valence-electron chi connectivity index (χ0n) is 10.5. The molecule has 1 aliphatic carbocycles. The van der Waals surface area contributed by atoms with Crippen molar-refractivity contribution in [3.05, 3.63) is 0 Å². The zero-order valence-corrected chi connectivity index (χ0v) is 10.5. The molecule has 0 saturated heterocycles. The van der Waals surface area contributed by atoms with Crippen molar-refractivity contribution < 1.29 is 4.79 Å². The van der Waals surface area contributed by atoms with Gasteiger partial charge in [-0.3, -0.25) is 4.79 Å². The maximum Gasteiger partial charge on any atom is 0.137 e. The second-order valence-electron chi connectivity index (χ2n) is 5.35. The van der Waals surface area contributed by atoms with Crippen molar-refractivity contribution in [3.8, 4) is 0 Å². The number of hydrogen-bond donors (Lipinski definition) is 0. The van der Waals surface area contributed by atoms with Crippen LogP contribution in [0.3, 0.4) is 0 Å². The highest BCUT2D eigenvalue weighted by molar-refractivity contribution is 5.81. The Labute approximate surface area is 94.0 Å². The summed E-state index contributed by atoms with van der Waals surface area (Å²) in [4.78, 5) is 14.0. The fraction of sp³-hybridized carbons (Fsp3) is 0.923. The lowest BCUT2D eigenvalue weighted by Gasteiger charge is -2.26. The first-order valence-electron chi connectivity index (χ1n) is 6.31. The van der Waals surface area contributed by atoms with E-state index >= 15 is 0 Å². The molecule has 1 atom stereocenters. The zero-order chi connectivity index (χ0) is 11.3. The molecule has 2 nitrogen and oxygen atoms in total. The van der Waals surface area contributed by atoms with Crippen LogP contribution in [-0.4, -0.2) is 30.8 Å². The second-order valence-corrected chi connectivity index (χ2v) is 5.35. The van der Waals surface area contributed by atoms with Crippen molar-refractivity contribution in [1.29, 1.82) is 0 Å². The third-order valence-electron chi connectivity index (χ3n) is 3.30. The van der Waals surface area contributed by atoms with Crippen LogP contribution in [0.1, 0.15) is 46.0 Å². The molecule has 0 amide bonds. The van der Waals surface area contributed by atoms with E-state index in [1.54, 1.807) is 0 Å². The molecule has 1 rings (SSSR count). The van der Waals surface area contributed by atoms with Gasteiger partial charge in [-0.15, -0.1) is 0 Å². The lowest BCUT2D eigenvalue weighted by molar-refractivity contribution is -0.125. The van der Waals surface area contributed by atoms with E-state index in [1.165, 1.54) is 12.8 Å². The van der Waals surface area contributed by atoms with E-state index in [0.29, 0.717) is 11.7 Å². The topological polar surface area (TPSA) is 20.3 Å². The summed E-state index contributed by atoms with van der Waals surface area (Å²) >= 11 is 0. The number of carbonyl (C=O) groups is 1. The largest absolute Gasteiger partial charge is 0.306 e. The van der Waals surface area contributed by atoms with Gasteiger partial charge in [0, 0.05) is 18.9 Å². The van der Waals surface area contributed by atoms with Gasteiger partial charge in [0.15, 0.2) is 0 Å². The Hall–Kier alpha value is -0.370. The predicted molar refractivity (Wildman–Crippen MR) is 63.9 cm³/mol. The molecule has 0 aliphatic heterocycles. The molecular formula is C13H25NO. The Morgan fingerprint density at radius 3 is 2.73 bits per heavy atom. The van der Waals surface area contributed by atoms with E-state index in [9.17, 15) is 4.79 Å². The van der Waals surface area contributed by atoms with E-state index in [0.717, 1.165) is 38.3 Å². The van der Waals surface area contributed by atoms with Crippen LogP contribution >= 0.6 is 0 Å². The van der Waals surface area contributed by atoms with E-state index in [1.807, 2.05) is 0 Å². The molecule has 0 aromatic carbocycles. The minimum Gasteiger partial charge on any atom is -0.306 e. The van der Waals surface area contributed by atoms with Crippen LogP contribution < -0.4 is 0 Å². The first kappa shape index (κ1) is 12.7. The van der Waals surface area contributed by atoms with Gasteiger partial charge in [-0.25, -0.2) is 0 Å². The highest BCUT2D eigenvalue weighted by Crippen LogP contribution is 2.21. The van der Waals surface area contributed by atoms with Crippen LogP contribution in [0.5, 0.6) is 0 Å². The number of ketones is 1. The van der Waals surface area contributed by atoms with Crippen LogP contribution in [0.15, 0.2) is 0 Å². The van der Waals surface area contributed by atoms with Crippen molar-refractivity contribution in [3.63, 3.8) is 0 Å². The molecule has 1 aliphatic rings. The molecule has 0 spiro atoms. The van der Waals surface area contributed by atoms with Gasteiger partial charge in [-0.2, -0.15) is 0 Å². The van der Waals surface area contributed by atoms with Crippen LogP contribution in [0.25, 0.3) is 0 Å². The molecule has 0 heterocycles. The molecule has 88 valence electrons. The SMILES string of the molecule is CC(C)CCN(C)CC1CCCCC1=O. The summed E-state index contributed by atoms with van der Waals surface area (Å²) in [6.07, 6.45) is 5.53. The number of hydrogen-bond acceptors (Lipinski definition) is 2. The minimum absolute atomic E-state index is 0.330. The molecule has 0 N–H and O–H groups in total. The van der Waals surface area contributed by atoms with Crippen LogP contribution in [0, 0.1) is 11.8 Å². The Morgan fingerprint density at radius 2 is 2.13 bits per heavy atom. The Balaban J connectivity index is 2.23. The number of carbonyl (C=O) groups excluding carboxylic acids is 1. The van der Waals surface area contributed by atoms with Crippen LogP contribution in [0.2, 0.25) is 0 Å². The van der Waals surface area contributed by atoms with Gasteiger partial charge in [0.2, 0.25) is 0 Å². The molecule has 0 aromatic rings. The molecule has 0 radical (unpaired) electrons. The summed E-state index contributed by atoms with van der Waals surface area (Å²) in [5, 5.41) is 0. The Morgan fingerprint density at radius 1 is 1.40 bits per heavy atom. The van der Waals surface area contributed by atoms with Crippen molar-refractivity contribution in [2.24, 2.45) is 11.8 Å². The molecule has 1 fully saturated rings. The Bertz CT molecular complexity index is 201. The average molecular weight is 211 g/mol. The smallest absolute Gasteiger partial charge is 0.137 e. The van der Waals surface area contributed by atoms with Gasteiger partial charge in [0.1, 0.15) is 5.78 Å². The highest BCUT2D eigenvalue weighted by atomic mass is 16.1. The lowest BCUT2D eigenvalue weighted by Crippen LogP contribution is -2.33. The normalized spacial score (nSPS) is 22.7. The van der Waals surface area contributed by atoms with Gasteiger partial charge in [0.05, 0.1) is 0 Å². The molecule has 2 heteroatoms. The molecule has 0 aromatic heterocycles. The quantitative estimate of drug-likeness (QED) is 0.697. The van der Waals surface area contributed by atoms with Gasteiger partial charge in [0.25, 0.3) is 0 Å². The van der Waals surface area contributed by atoms with Crippen LogP contribution in [0.4, 0.5) is 0 Å². The third-order valence-corrected chi connectivity index (χ3v) is 3.30. The first-order chi connectivity index (χ1) is 7.09. The minimum atomic E-state index is 0.330. The van der Waals surface area contributed by atoms with E-state index in [2.05, 4.69) is 25.8 Å². The monoisotopic (exact) mass is 211 g/mol. The molecule has 0 bridgehead atoms. The van der Waals surface area contributed by atoms with E-state index < -0.39 is 0 Å². The summed E-state index contributed by atoms with van der Waals surface area (Å²) < 4.78 is 0. The molecule has 1 saturated carbocycles. The van der Waals surface area contributed by atoms with Gasteiger partial charge < -0.3 is 4.90 Å². The van der Waals surface area contributed by atoms with Crippen molar-refractivity contribution >= 4 is 5.78 Å². The van der Waals surface area contributed by atoms with Crippen molar-refractivity contribution in [2.75, 3.05) is 20.1 Å². The first-order valence-corrected chi connectivity index (χ1v) is 6.31. The average Bonchev–Trinajstić information content (AvgIpc) is 2.18. The third kappa shape index (κ3) is 4.78. The molecule has 1 unspecified atom stereocenters. The second kappa shape index (κ2) is 6.26. The predicted octanol–water partition coefficient (Wildman–Crippen LogP) is 2.72. The number of nitrogens with zero attached hydrogens (tertiary/aromatic N) is 1. The van der Waals surface area contributed by atoms with E-state index in [4.69, 9.17) is 0 Å². The summed E-state index contributed by atoms with van der Waals surface area (Å²) in [7, 11) is 2.14. The fourth-order valence-corrected chi connectivity index (χ4v) is 2.19. The summed E-state index contributed by atoms with van der Waals surface area (Å²) in [5.41, 5.74) is 0. The maximum atomic E-state index is 11.6. The van der Waals surface area contributed by atoms with Gasteiger partial charge >= 0.3 is 0 Å². The fourth-order valence-electron chi connectivity index (χ4n) is 2.19. The highest BCUT2D eigenvalue weighted by Gasteiger charge is 2.23. The number of Topliss-reactive ketones (excluding diaryl/α,β-unsaturated/α-hetero) is 1. The van der Waals surface area contributed by atoms with Crippen molar-refractivity contribution in [2.45, 2.75) is 46.0 Å². The lowest BCUT2D eigenvalue weighted by atomic mass is 9.87. The molecule has 15 heavy (non-hydrogen) atoms. The Kier molecular flexibility index (Phi) is 5.30. The van der Waals surface area contributed by atoms with Gasteiger partial charge in [-0.05, 0) is 38.8 Å². The number of rotatable bonds is 5. The summed E-state index contributed by atoms with van der Waals surface area (Å²) in [6, 6.07) is 0. The summed E-state index contributed by atoms with van der Waals surface area (Å²) in [5.74, 6) is 1.59. The maximum absolute atomic E-state index is 11.6. The van der Waals surface area contributed by atoms with E-state index in [-0.39, 0.29) is 0 Å². The van der Waals surface area contributed by atoms with Crippen molar-refractivity contribution in [1.82, 2.24) is 4.90 Å². The summed E-state index contributed by atoms with van der Waals surface area (Å²) in [6.45, 7) is 6.60. The molecular weight excluding hydrogens is 186 g/mol. The van der Waals surface area contributed by atoms with Gasteiger partial charge in [-0.1, -0.05) is 20.3 Å².